The van der Waals surface area contributed by atoms with Gasteiger partial charge in [-0.25, -0.2) is 8.42 Å². The summed E-state index contributed by atoms with van der Waals surface area (Å²) in [4.78, 5) is 28.8. The van der Waals surface area contributed by atoms with E-state index in [1.54, 1.807) is 60.7 Å². The van der Waals surface area contributed by atoms with Gasteiger partial charge in [0.15, 0.2) is 0 Å². The van der Waals surface area contributed by atoms with Crippen LogP contribution in [0, 0.1) is 6.92 Å². The number of hydrogen-bond acceptors (Lipinski definition) is 4. The Morgan fingerprint density at radius 1 is 0.875 bits per heavy atom. The first-order valence-corrected chi connectivity index (χ1v) is 15.4. The minimum Gasteiger partial charge on any atom is -0.352 e. The summed E-state index contributed by atoms with van der Waals surface area (Å²) < 4.78 is 28.8. The zero-order chi connectivity index (χ0) is 29.4. The van der Waals surface area contributed by atoms with Gasteiger partial charge in [0.2, 0.25) is 11.8 Å². The molecule has 10 heteroatoms. The largest absolute Gasteiger partial charge is 0.352 e. The summed E-state index contributed by atoms with van der Waals surface area (Å²) in [6, 6.07) is 18.9. The van der Waals surface area contributed by atoms with Crippen molar-refractivity contribution >= 4 is 50.7 Å². The highest BCUT2D eigenvalue weighted by Crippen LogP contribution is 2.31. The first-order valence-electron chi connectivity index (χ1n) is 13.2. The van der Waals surface area contributed by atoms with Crippen LogP contribution in [0.3, 0.4) is 0 Å². The van der Waals surface area contributed by atoms with Gasteiger partial charge >= 0.3 is 0 Å². The van der Waals surface area contributed by atoms with Crippen molar-refractivity contribution in [3.8, 4) is 0 Å². The van der Waals surface area contributed by atoms with Gasteiger partial charge in [0.25, 0.3) is 10.0 Å². The van der Waals surface area contributed by atoms with Crippen molar-refractivity contribution in [1.29, 1.82) is 0 Å². The van der Waals surface area contributed by atoms with Gasteiger partial charge in [-0.15, -0.1) is 0 Å². The number of nitrogens with zero attached hydrogens (tertiary/aromatic N) is 2. The number of carbonyl (C=O) groups excluding carboxylic acids is 2. The minimum atomic E-state index is -4.20. The molecule has 2 atom stereocenters. The fraction of sp³-hybridized carbons (Fsp3) is 0.333. The van der Waals surface area contributed by atoms with E-state index in [0.717, 1.165) is 16.3 Å². The second-order valence-corrected chi connectivity index (χ2v) is 12.3. The summed E-state index contributed by atoms with van der Waals surface area (Å²) >= 11 is 12.9. The average Bonchev–Trinajstić information content (AvgIpc) is 2.93. The molecule has 1 N–H and O–H groups in total. The Kier molecular flexibility index (Phi) is 11.0. The number of sulfonamides is 1. The molecule has 3 aromatic rings. The molecule has 0 unspecified atom stereocenters. The smallest absolute Gasteiger partial charge is 0.264 e. The molecule has 0 heterocycles. The number of anilines is 1. The summed E-state index contributed by atoms with van der Waals surface area (Å²) in [7, 11) is -4.20. The quantitative estimate of drug-likeness (QED) is 0.266. The second kappa shape index (κ2) is 14.0. The van der Waals surface area contributed by atoms with Gasteiger partial charge in [0.05, 0.1) is 15.6 Å². The lowest BCUT2D eigenvalue weighted by Crippen LogP contribution is -2.53. The Morgan fingerprint density at radius 3 is 2.05 bits per heavy atom. The zero-order valence-corrected chi connectivity index (χ0v) is 25.4. The molecule has 0 aliphatic carbocycles. The van der Waals surface area contributed by atoms with Gasteiger partial charge in [-0.3, -0.25) is 13.9 Å². The summed E-state index contributed by atoms with van der Waals surface area (Å²) in [5, 5.41) is 3.56. The molecule has 40 heavy (non-hydrogen) atoms. The minimum absolute atomic E-state index is 0.0185. The molecule has 2 amide bonds. The second-order valence-electron chi connectivity index (χ2n) is 9.63. The number of amides is 2. The number of carbonyl (C=O) groups is 2. The normalized spacial score (nSPS) is 12.8. The Hall–Kier alpha value is -3.07. The number of halogens is 2. The van der Waals surface area contributed by atoms with E-state index < -0.39 is 28.5 Å². The first-order chi connectivity index (χ1) is 19.0. The first kappa shape index (κ1) is 31.5. The molecule has 0 saturated heterocycles. The van der Waals surface area contributed by atoms with Crippen LogP contribution in [0.15, 0.2) is 77.7 Å². The van der Waals surface area contributed by atoms with E-state index in [1.807, 2.05) is 27.7 Å². The molecular formula is C30H35Cl2N3O4S. The summed E-state index contributed by atoms with van der Waals surface area (Å²) in [6.07, 6.45) is 1.03. The van der Waals surface area contributed by atoms with Crippen LogP contribution in [0.2, 0.25) is 10.0 Å². The maximum atomic E-state index is 14.1. The Labute approximate surface area is 247 Å². The molecule has 0 fully saturated rings. The third-order valence-corrected chi connectivity index (χ3v) is 9.16. The molecule has 0 aliphatic heterocycles. The Morgan fingerprint density at radius 2 is 1.48 bits per heavy atom. The lowest BCUT2D eigenvalue weighted by atomic mass is 10.1. The number of benzene rings is 3. The van der Waals surface area contributed by atoms with Crippen LogP contribution < -0.4 is 9.62 Å². The van der Waals surface area contributed by atoms with E-state index in [0.29, 0.717) is 17.0 Å². The fourth-order valence-corrected chi connectivity index (χ4v) is 6.09. The monoisotopic (exact) mass is 603 g/mol. The third kappa shape index (κ3) is 7.56. The van der Waals surface area contributed by atoms with E-state index in [-0.39, 0.29) is 34.1 Å². The SMILES string of the molecule is CC[C@@H](C)NC(=O)[C@H](CC)N(Cc1ccccc1Cl)C(=O)CN(c1ccccc1Cl)S(=O)(=O)c1ccc(C)cc1. The summed E-state index contributed by atoms with van der Waals surface area (Å²) in [5.41, 5.74) is 1.69. The van der Waals surface area contributed by atoms with Crippen LogP contribution in [0.5, 0.6) is 0 Å². The van der Waals surface area contributed by atoms with Gasteiger partial charge in [0.1, 0.15) is 12.6 Å². The van der Waals surface area contributed by atoms with Crippen molar-refractivity contribution < 1.29 is 18.0 Å². The van der Waals surface area contributed by atoms with Crippen LogP contribution in [0.25, 0.3) is 0 Å². The van der Waals surface area contributed by atoms with Crippen LogP contribution in [0.1, 0.15) is 44.7 Å². The molecule has 0 bridgehead atoms. The molecule has 7 nitrogen and oxygen atoms in total. The van der Waals surface area contributed by atoms with Crippen molar-refractivity contribution in [1.82, 2.24) is 10.2 Å². The van der Waals surface area contributed by atoms with E-state index in [1.165, 1.54) is 17.0 Å². The van der Waals surface area contributed by atoms with Crippen LogP contribution >= 0.6 is 23.2 Å². The molecule has 214 valence electrons. The summed E-state index contributed by atoms with van der Waals surface area (Å²) in [6.45, 7) is 6.95. The number of rotatable bonds is 12. The predicted molar refractivity (Wildman–Crippen MR) is 161 cm³/mol. The molecule has 0 saturated carbocycles. The van der Waals surface area contributed by atoms with Crippen molar-refractivity contribution in [2.24, 2.45) is 0 Å². The number of nitrogens with one attached hydrogen (secondary N) is 1. The molecule has 0 radical (unpaired) electrons. The van der Waals surface area contributed by atoms with Gasteiger partial charge in [-0.05, 0) is 62.6 Å². The topological polar surface area (TPSA) is 86.8 Å². The number of aryl methyl sites for hydroxylation is 1. The third-order valence-electron chi connectivity index (χ3n) is 6.69. The highest BCUT2D eigenvalue weighted by molar-refractivity contribution is 7.92. The molecule has 0 aliphatic rings. The van der Waals surface area contributed by atoms with Gasteiger partial charge in [-0.1, -0.05) is 85.1 Å². The molecule has 3 rings (SSSR count). The van der Waals surface area contributed by atoms with Crippen LogP contribution in [-0.4, -0.2) is 43.8 Å². The van der Waals surface area contributed by atoms with Crippen molar-refractivity contribution in [3.05, 3.63) is 94.0 Å². The van der Waals surface area contributed by atoms with E-state index in [4.69, 9.17) is 23.2 Å². The van der Waals surface area contributed by atoms with E-state index in [9.17, 15) is 18.0 Å². The standard InChI is InChI=1S/C30H35Cl2N3O4S/c1-5-22(4)33-30(37)27(6-2)34(19-23-11-7-8-12-25(23)31)29(36)20-35(28-14-10-9-13-26(28)32)40(38,39)24-17-15-21(3)16-18-24/h7-18,22,27H,5-6,19-20H2,1-4H3,(H,33,37)/t22-,27+/m1/s1. The zero-order valence-electron chi connectivity index (χ0n) is 23.1. The molecular weight excluding hydrogens is 569 g/mol. The highest BCUT2D eigenvalue weighted by Gasteiger charge is 2.34. The van der Waals surface area contributed by atoms with E-state index in [2.05, 4.69) is 5.32 Å². The molecule has 3 aromatic carbocycles. The Bertz CT molecular complexity index is 1430. The maximum Gasteiger partial charge on any atom is 0.264 e. The average molecular weight is 605 g/mol. The molecule has 0 spiro atoms. The summed E-state index contributed by atoms with van der Waals surface area (Å²) in [5.74, 6) is -0.885. The van der Waals surface area contributed by atoms with Crippen LogP contribution in [-0.2, 0) is 26.2 Å². The molecule has 0 aromatic heterocycles. The maximum absolute atomic E-state index is 14.1. The lowest BCUT2D eigenvalue weighted by molar-refractivity contribution is -0.140. The van der Waals surface area contributed by atoms with Crippen molar-refractivity contribution in [2.75, 3.05) is 10.8 Å². The van der Waals surface area contributed by atoms with Crippen molar-refractivity contribution in [3.63, 3.8) is 0 Å². The highest BCUT2D eigenvalue weighted by atomic mass is 35.5. The van der Waals surface area contributed by atoms with E-state index >= 15 is 0 Å². The predicted octanol–water partition coefficient (Wildman–Crippen LogP) is 6.22. The lowest BCUT2D eigenvalue weighted by Gasteiger charge is -2.34. The fourth-order valence-electron chi connectivity index (χ4n) is 4.18. The number of para-hydroxylation sites is 1. The van der Waals surface area contributed by atoms with Gasteiger partial charge in [0, 0.05) is 17.6 Å². The van der Waals surface area contributed by atoms with Crippen LogP contribution in [0.4, 0.5) is 5.69 Å². The van der Waals surface area contributed by atoms with Crippen molar-refractivity contribution in [2.45, 2.75) is 64.1 Å². The van der Waals surface area contributed by atoms with Gasteiger partial charge < -0.3 is 10.2 Å². The van der Waals surface area contributed by atoms with Gasteiger partial charge in [-0.2, -0.15) is 0 Å². The number of hydrogen-bond donors (Lipinski definition) is 1. The Balaban J connectivity index is 2.08.